The minimum atomic E-state index is -0.466. The van der Waals surface area contributed by atoms with Gasteiger partial charge in [0.15, 0.2) is 0 Å². The maximum atomic E-state index is 7.06. The second-order valence-electron chi connectivity index (χ2n) is 10.5. The molecule has 40 heavy (non-hydrogen) atoms. The van der Waals surface area contributed by atoms with E-state index in [1.165, 1.54) is 43.2 Å². The predicted molar refractivity (Wildman–Crippen MR) is 166 cm³/mol. The van der Waals surface area contributed by atoms with Gasteiger partial charge < -0.3 is 4.42 Å². The minimum Gasteiger partial charge on any atom is -0.455 e. The average Bonchev–Trinajstić information content (AvgIpc) is 3.52. The molecule has 1 spiro atoms. The quantitative estimate of drug-likeness (QED) is 0.202. The van der Waals surface area contributed by atoms with Crippen LogP contribution >= 0.6 is 23.4 Å². The molecule has 0 saturated carbocycles. The van der Waals surface area contributed by atoms with Crippen molar-refractivity contribution in [1.29, 1.82) is 0 Å². The van der Waals surface area contributed by atoms with Crippen LogP contribution in [0.2, 0.25) is 5.02 Å². The SMILES string of the molecule is Clc1cc(-c2cccc3c2oc2ccccc23)c2c(c1)C1(c3ccccc3S2)c2ccccc2-c2ccccc21. The lowest BCUT2D eigenvalue weighted by molar-refractivity contribution is 0.669. The third kappa shape index (κ3) is 2.80. The Hall–Kier alpha value is -4.24. The van der Waals surface area contributed by atoms with Crippen LogP contribution in [0.5, 0.6) is 0 Å². The Labute approximate surface area is 241 Å². The van der Waals surface area contributed by atoms with Crippen LogP contribution in [0.25, 0.3) is 44.2 Å². The summed E-state index contributed by atoms with van der Waals surface area (Å²) in [5, 5.41) is 2.97. The fraction of sp³-hybridized carbons (Fsp3) is 0.0270. The van der Waals surface area contributed by atoms with Crippen LogP contribution < -0.4 is 0 Å². The first-order chi connectivity index (χ1) is 19.7. The van der Waals surface area contributed by atoms with Crippen LogP contribution in [-0.4, -0.2) is 0 Å². The number of furan rings is 1. The maximum absolute atomic E-state index is 7.06. The fourth-order valence-electron chi connectivity index (χ4n) is 7.08. The number of hydrogen-bond donors (Lipinski definition) is 0. The summed E-state index contributed by atoms with van der Waals surface area (Å²) >= 11 is 8.90. The summed E-state index contributed by atoms with van der Waals surface area (Å²) in [7, 11) is 0. The zero-order valence-electron chi connectivity index (χ0n) is 21.3. The number of benzene rings is 6. The van der Waals surface area contributed by atoms with Gasteiger partial charge in [0.05, 0.1) is 5.41 Å². The van der Waals surface area contributed by atoms with Gasteiger partial charge in [-0.15, -0.1) is 0 Å². The lowest BCUT2D eigenvalue weighted by Crippen LogP contribution is -2.32. The highest BCUT2D eigenvalue weighted by atomic mass is 35.5. The first-order valence-corrected chi connectivity index (χ1v) is 14.7. The first-order valence-electron chi connectivity index (χ1n) is 13.5. The van der Waals surface area contributed by atoms with Crippen molar-refractivity contribution in [3.63, 3.8) is 0 Å². The number of hydrogen-bond acceptors (Lipinski definition) is 2. The second kappa shape index (κ2) is 8.14. The molecule has 0 bridgehead atoms. The Balaban J connectivity index is 1.44. The zero-order chi connectivity index (χ0) is 26.4. The molecule has 2 heterocycles. The molecule has 6 aromatic carbocycles. The highest BCUT2D eigenvalue weighted by Crippen LogP contribution is 2.63. The topological polar surface area (TPSA) is 13.1 Å². The molecule has 0 unspecified atom stereocenters. The third-order valence-corrected chi connectivity index (χ3v) is 10.0. The Morgan fingerprint density at radius 3 is 1.95 bits per heavy atom. The molecule has 0 atom stereocenters. The highest BCUT2D eigenvalue weighted by Gasteiger charge is 2.50. The maximum Gasteiger partial charge on any atom is 0.143 e. The molecule has 188 valence electrons. The number of halogens is 1. The van der Waals surface area contributed by atoms with Crippen molar-refractivity contribution in [1.82, 2.24) is 0 Å². The summed E-state index contributed by atoms with van der Waals surface area (Å²) in [6, 6.07) is 45.6. The van der Waals surface area contributed by atoms with Crippen molar-refractivity contribution in [2.45, 2.75) is 15.2 Å². The molecular weight excluding hydrogens is 528 g/mol. The van der Waals surface area contributed by atoms with Crippen molar-refractivity contribution in [2.24, 2.45) is 0 Å². The van der Waals surface area contributed by atoms with Gasteiger partial charge in [-0.25, -0.2) is 0 Å². The summed E-state index contributed by atoms with van der Waals surface area (Å²) in [6.45, 7) is 0. The zero-order valence-corrected chi connectivity index (χ0v) is 22.9. The standard InChI is InChI=1S/C37H21ClOS/c38-22-20-28(27-14-9-13-26-25-12-3-7-18-33(25)39-35(26)27)36-32(21-22)37(31-17-6-8-19-34(31)40-36)29-15-4-1-10-23(29)24-11-2-5-16-30(24)37/h1-21H. The molecule has 0 saturated heterocycles. The molecule has 2 aliphatic rings. The van der Waals surface area contributed by atoms with Crippen LogP contribution in [-0.2, 0) is 5.41 Å². The van der Waals surface area contributed by atoms with Gasteiger partial charge in [0.2, 0.25) is 0 Å². The lowest BCUT2D eigenvalue weighted by Gasteiger charge is -2.40. The number of rotatable bonds is 1. The molecule has 1 nitrogen and oxygen atoms in total. The van der Waals surface area contributed by atoms with E-state index in [9.17, 15) is 0 Å². The van der Waals surface area contributed by atoms with Crippen molar-refractivity contribution in [3.8, 4) is 22.3 Å². The molecular formula is C37H21ClOS. The average molecular weight is 549 g/mol. The van der Waals surface area contributed by atoms with Crippen LogP contribution in [0.3, 0.4) is 0 Å². The van der Waals surface area contributed by atoms with Gasteiger partial charge >= 0.3 is 0 Å². The Kier molecular flexibility index (Phi) is 4.59. The van der Waals surface area contributed by atoms with E-state index in [1.807, 2.05) is 23.9 Å². The Morgan fingerprint density at radius 2 is 1.15 bits per heavy atom. The molecule has 0 radical (unpaired) electrons. The Morgan fingerprint density at radius 1 is 0.525 bits per heavy atom. The minimum absolute atomic E-state index is 0.466. The summed E-state index contributed by atoms with van der Waals surface area (Å²) in [4.78, 5) is 2.49. The van der Waals surface area contributed by atoms with Gasteiger partial charge in [-0.05, 0) is 57.6 Å². The van der Waals surface area contributed by atoms with E-state index in [-0.39, 0.29) is 0 Å². The van der Waals surface area contributed by atoms with E-state index in [4.69, 9.17) is 16.0 Å². The van der Waals surface area contributed by atoms with Gasteiger partial charge in [-0.3, -0.25) is 0 Å². The van der Waals surface area contributed by atoms with Crippen LogP contribution in [0.4, 0.5) is 0 Å². The van der Waals surface area contributed by atoms with Gasteiger partial charge in [0.25, 0.3) is 0 Å². The molecule has 1 aliphatic heterocycles. The van der Waals surface area contributed by atoms with Crippen molar-refractivity contribution in [2.75, 3.05) is 0 Å². The summed E-state index contributed by atoms with van der Waals surface area (Å²) in [5.41, 5.74) is 11.2. The normalized spacial score (nSPS) is 14.2. The first kappa shape index (κ1) is 22.6. The van der Waals surface area contributed by atoms with Crippen molar-refractivity contribution < 1.29 is 4.42 Å². The molecule has 3 heteroatoms. The van der Waals surface area contributed by atoms with Crippen LogP contribution in [0.1, 0.15) is 22.3 Å². The summed E-state index contributed by atoms with van der Waals surface area (Å²) < 4.78 is 6.52. The van der Waals surface area contributed by atoms with E-state index >= 15 is 0 Å². The number of para-hydroxylation sites is 2. The monoisotopic (exact) mass is 548 g/mol. The van der Waals surface area contributed by atoms with Crippen LogP contribution in [0.15, 0.2) is 142 Å². The summed E-state index contributed by atoms with van der Waals surface area (Å²) in [6.07, 6.45) is 0. The molecule has 9 rings (SSSR count). The van der Waals surface area contributed by atoms with Gasteiger partial charge in [-0.1, -0.05) is 126 Å². The van der Waals surface area contributed by atoms with Crippen LogP contribution in [0, 0.1) is 0 Å². The van der Waals surface area contributed by atoms with E-state index in [2.05, 4.69) is 115 Å². The molecule has 0 fully saturated rings. The van der Waals surface area contributed by atoms with Crippen molar-refractivity contribution >= 4 is 45.3 Å². The number of fused-ring (bicyclic) bond motifs is 12. The van der Waals surface area contributed by atoms with Crippen molar-refractivity contribution in [3.05, 3.63) is 155 Å². The molecule has 1 aliphatic carbocycles. The van der Waals surface area contributed by atoms with E-state index in [0.29, 0.717) is 0 Å². The van der Waals surface area contributed by atoms with E-state index in [0.717, 1.165) is 38.1 Å². The lowest BCUT2D eigenvalue weighted by atomic mass is 9.67. The second-order valence-corrected chi connectivity index (χ2v) is 12.0. The van der Waals surface area contributed by atoms with E-state index in [1.54, 1.807) is 0 Å². The largest absolute Gasteiger partial charge is 0.455 e. The highest BCUT2D eigenvalue weighted by molar-refractivity contribution is 7.99. The molecule has 0 N–H and O–H groups in total. The van der Waals surface area contributed by atoms with Gasteiger partial charge in [0, 0.05) is 36.7 Å². The predicted octanol–water partition coefficient (Wildman–Crippen LogP) is 10.7. The summed E-state index contributed by atoms with van der Waals surface area (Å²) in [5.74, 6) is 0. The fourth-order valence-corrected chi connectivity index (χ4v) is 8.59. The molecule has 0 amide bonds. The Bertz CT molecular complexity index is 2130. The van der Waals surface area contributed by atoms with Gasteiger partial charge in [0.1, 0.15) is 11.2 Å². The van der Waals surface area contributed by atoms with Gasteiger partial charge in [-0.2, -0.15) is 0 Å². The molecule has 7 aromatic rings. The smallest absolute Gasteiger partial charge is 0.143 e. The van der Waals surface area contributed by atoms with E-state index < -0.39 is 5.41 Å². The third-order valence-electron chi connectivity index (χ3n) is 8.61. The molecule has 1 aromatic heterocycles.